The Kier molecular flexibility index (Phi) is 5.83. The third kappa shape index (κ3) is 3.61. The first-order valence-corrected chi connectivity index (χ1v) is 8.16. The first-order valence-electron chi connectivity index (χ1n) is 8.16. The van der Waals surface area contributed by atoms with Gasteiger partial charge in [-0.05, 0) is 51.1 Å². The molecule has 3 nitrogen and oxygen atoms in total. The summed E-state index contributed by atoms with van der Waals surface area (Å²) in [5.74, 6) is 0.157. The Morgan fingerprint density at radius 2 is 1.95 bits per heavy atom. The van der Waals surface area contributed by atoms with Crippen molar-refractivity contribution in [1.82, 2.24) is 9.47 Å². The highest BCUT2D eigenvalue weighted by molar-refractivity contribution is 5.90. The molecule has 122 valence electrons. The van der Waals surface area contributed by atoms with Gasteiger partial charge in [0.1, 0.15) is 0 Å². The third-order valence-electron chi connectivity index (χ3n) is 3.77. The summed E-state index contributed by atoms with van der Waals surface area (Å²) in [7, 11) is 4.11. The van der Waals surface area contributed by atoms with E-state index in [0.717, 1.165) is 43.3 Å². The summed E-state index contributed by atoms with van der Waals surface area (Å²) in [6.07, 6.45) is 4.99. The van der Waals surface area contributed by atoms with Gasteiger partial charge in [0.05, 0.1) is 12.1 Å². The van der Waals surface area contributed by atoms with Crippen molar-refractivity contribution in [3.63, 3.8) is 0 Å². The van der Waals surface area contributed by atoms with Crippen LogP contribution >= 0.6 is 0 Å². The van der Waals surface area contributed by atoms with Crippen LogP contribution in [0.15, 0.2) is 18.3 Å². The van der Waals surface area contributed by atoms with Crippen LogP contribution in [0.25, 0.3) is 10.9 Å². The topological polar surface area (TPSA) is 17.4 Å². The summed E-state index contributed by atoms with van der Waals surface area (Å²) in [6.45, 7) is 6.62. The standard InChI is InChI=1S/C18H27FN2O/c1-5-10-21-13-14(9-11-20(3)4)17-16(21)8-7-15(19)18(17)22-12-6-2/h7-8,13H,5-6,9-12H2,1-4H3. The number of ether oxygens (including phenoxy) is 1. The van der Waals surface area contributed by atoms with Gasteiger partial charge >= 0.3 is 0 Å². The predicted octanol–water partition coefficient (Wildman–Crippen LogP) is 4.08. The summed E-state index contributed by atoms with van der Waals surface area (Å²) in [5, 5.41) is 0.948. The van der Waals surface area contributed by atoms with Crippen molar-refractivity contribution in [3.8, 4) is 5.75 Å². The number of benzene rings is 1. The molecule has 22 heavy (non-hydrogen) atoms. The van der Waals surface area contributed by atoms with Crippen LogP contribution < -0.4 is 4.74 Å². The molecule has 0 aliphatic rings. The van der Waals surface area contributed by atoms with E-state index < -0.39 is 0 Å². The number of rotatable bonds is 8. The largest absolute Gasteiger partial charge is 0.490 e. The molecule has 1 aromatic heterocycles. The first-order chi connectivity index (χ1) is 10.6. The van der Waals surface area contributed by atoms with Crippen molar-refractivity contribution >= 4 is 10.9 Å². The van der Waals surface area contributed by atoms with E-state index in [1.54, 1.807) is 0 Å². The molecule has 0 aliphatic heterocycles. The average molecular weight is 306 g/mol. The van der Waals surface area contributed by atoms with E-state index in [0.29, 0.717) is 12.4 Å². The van der Waals surface area contributed by atoms with Gasteiger partial charge < -0.3 is 14.2 Å². The zero-order valence-electron chi connectivity index (χ0n) is 14.2. The van der Waals surface area contributed by atoms with Crippen molar-refractivity contribution in [3.05, 3.63) is 29.7 Å². The van der Waals surface area contributed by atoms with Crippen LogP contribution in [0.4, 0.5) is 4.39 Å². The molecule has 0 fully saturated rings. The minimum atomic E-state index is -0.263. The highest BCUT2D eigenvalue weighted by Gasteiger charge is 2.17. The van der Waals surface area contributed by atoms with Crippen LogP contribution in [0.2, 0.25) is 0 Å². The number of aryl methyl sites for hydroxylation is 1. The molecule has 1 heterocycles. The Bertz CT molecular complexity index is 619. The highest BCUT2D eigenvalue weighted by Crippen LogP contribution is 2.34. The second kappa shape index (κ2) is 7.63. The van der Waals surface area contributed by atoms with Gasteiger partial charge in [-0.2, -0.15) is 0 Å². The number of fused-ring (bicyclic) bond motifs is 1. The van der Waals surface area contributed by atoms with Crippen LogP contribution in [0.5, 0.6) is 5.75 Å². The number of hydrogen-bond donors (Lipinski definition) is 0. The van der Waals surface area contributed by atoms with Crippen LogP contribution in [0, 0.1) is 5.82 Å². The minimum Gasteiger partial charge on any atom is -0.490 e. The van der Waals surface area contributed by atoms with Crippen molar-refractivity contribution in [2.75, 3.05) is 27.2 Å². The molecule has 0 spiro atoms. The molecular weight excluding hydrogens is 279 g/mol. The van der Waals surface area contributed by atoms with Crippen LogP contribution in [0.3, 0.4) is 0 Å². The maximum atomic E-state index is 14.3. The Hall–Kier alpha value is -1.55. The van der Waals surface area contributed by atoms with Gasteiger partial charge in [0.25, 0.3) is 0 Å². The number of halogens is 1. The molecular formula is C18H27FN2O. The number of likely N-dealkylation sites (N-methyl/N-ethyl adjacent to an activating group) is 1. The molecule has 0 radical (unpaired) electrons. The lowest BCUT2D eigenvalue weighted by Gasteiger charge is -2.11. The van der Waals surface area contributed by atoms with E-state index in [1.807, 2.05) is 13.0 Å². The molecule has 0 amide bonds. The highest BCUT2D eigenvalue weighted by atomic mass is 19.1. The Morgan fingerprint density at radius 3 is 2.59 bits per heavy atom. The van der Waals surface area contributed by atoms with Gasteiger partial charge in [0.15, 0.2) is 11.6 Å². The van der Waals surface area contributed by atoms with E-state index >= 15 is 0 Å². The van der Waals surface area contributed by atoms with E-state index in [-0.39, 0.29) is 5.82 Å². The van der Waals surface area contributed by atoms with Gasteiger partial charge in [-0.25, -0.2) is 4.39 Å². The lowest BCUT2D eigenvalue weighted by atomic mass is 10.1. The minimum absolute atomic E-state index is 0.263. The number of hydrogen-bond acceptors (Lipinski definition) is 2. The van der Waals surface area contributed by atoms with Crippen LogP contribution in [-0.2, 0) is 13.0 Å². The molecule has 0 aliphatic carbocycles. The van der Waals surface area contributed by atoms with E-state index in [2.05, 4.69) is 36.7 Å². The van der Waals surface area contributed by atoms with Gasteiger partial charge in [-0.3, -0.25) is 0 Å². The molecule has 0 atom stereocenters. The summed E-state index contributed by atoms with van der Waals surface area (Å²) < 4.78 is 22.2. The average Bonchev–Trinajstić information content (AvgIpc) is 2.83. The molecule has 0 bridgehead atoms. The predicted molar refractivity (Wildman–Crippen MR) is 90.2 cm³/mol. The fourth-order valence-corrected chi connectivity index (χ4v) is 2.72. The smallest absolute Gasteiger partial charge is 0.165 e. The maximum Gasteiger partial charge on any atom is 0.165 e. The lowest BCUT2D eigenvalue weighted by molar-refractivity contribution is 0.305. The Morgan fingerprint density at radius 1 is 1.18 bits per heavy atom. The molecule has 2 aromatic rings. The zero-order chi connectivity index (χ0) is 16.1. The van der Waals surface area contributed by atoms with Crippen molar-refractivity contribution in [2.45, 2.75) is 39.7 Å². The SMILES string of the molecule is CCCOc1c(F)ccc2c1c(CCN(C)C)cn2CCC. The Labute approximate surface area is 132 Å². The second-order valence-corrected chi connectivity index (χ2v) is 6.02. The summed E-state index contributed by atoms with van der Waals surface area (Å²) in [6, 6.07) is 3.40. The number of aromatic nitrogens is 1. The number of nitrogens with zero attached hydrogens (tertiary/aromatic N) is 2. The lowest BCUT2D eigenvalue weighted by Crippen LogP contribution is -2.15. The van der Waals surface area contributed by atoms with Crippen molar-refractivity contribution in [2.24, 2.45) is 0 Å². The van der Waals surface area contributed by atoms with Crippen LogP contribution in [0.1, 0.15) is 32.3 Å². The monoisotopic (exact) mass is 306 g/mol. The summed E-state index contributed by atoms with van der Waals surface area (Å²) >= 11 is 0. The molecule has 0 saturated carbocycles. The van der Waals surface area contributed by atoms with Crippen LogP contribution in [-0.4, -0.2) is 36.7 Å². The molecule has 0 saturated heterocycles. The molecule has 0 unspecified atom stereocenters. The van der Waals surface area contributed by atoms with Gasteiger partial charge in [0, 0.05) is 24.7 Å². The molecule has 4 heteroatoms. The summed E-state index contributed by atoms with van der Waals surface area (Å²) in [5.41, 5.74) is 2.24. The fraction of sp³-hybridized carbons (Fsp3) is 0.556. The molecule has 0 N–H and O–H groups in total. The fourth-order valence-electron chi connectivity index (χ4n) is 2.72. The molecule has 1 aromatic carbocycles. The second-order valence-electron chi connectivity index (χ2n) is 6.02. The van der Waals surface area contributed by atoms with Crippen molar-refractivity contribution < 1.29 is 9.13 Å². The summed E-state index contributed by atoms with van der Waals surface area (Å²) in [4.78, 5) is 2.15. The van der Waals surface area contributed by atoms with Gasteiger partial charge in [-0.1, -0.05) is 13.8 Å². The van der Waals surface area contributed by atoms with E-state index in [4.69, 9.17) is 4.74 Å². The quantitative estimate of drug-likeness (QED) is 0.731. The third-order valence-corrected chi connectivity index (χ3v) is 3.77. The zero-order valence-corrected chi connectivity index (χ0v) is 14.2. The first kappa shape index (κ1) is 16.8. The normalized spacial score (nSPS) is 11.5. The van der Waals surface area contributed by atoms with Gasteiger partial charge in [0.2, 0.25) is 0 Å². The Balaban J connectivity index is 2.52. The van der Waals surface area contributed by atoms with Crippen molar-refractivity contribution in [1.29, 1.82) is 0 Å². The van der Waals surface area contributed by atoms with E-state index in [9.17, 15) is 4.39 Å². The maximum absolute atomic E-state index is 14.3. The molecule has 2 rings (SSSR count). The van der Waals surface area contributed by atoms with E-state index in [1.165, 1.54) is 11.6 Å². The van der Waals surface area contributed by atoms with Gasteiger partial charge in [-0.15, -0.1) is 0 Å².